The predicted molar refractivity (Wildman–Crippen MR) is 87.7 cm³/mol. The predicted octanol–water partition coefficient (Wildman–Crippen LogP) is 2.94. The van der Waals surface area contributed by atoms with Gasteiger partial charge in [-0.05, 0) is 62.5 Å². The standard InChI is InChI=1S/C18H20N4/c1-2-10-22-17(13-20-18(22)8-1)16-7-3-6-15(21-16)11-14-5-4-9-19-12-14/h1-3,6-8,10,13-14,19H,4-5,9,11-12H2/t14-/m0/s1. The van der Waals surface area contributed by atoms with Gasteiger partial charge >= 0.3 is 0 Å². The minimum Gasteiger partial charge on any atom is -0.316 e. The molecule has 0 spiro atoms. The van der Waals surface area contributed by atoms with Crippen LogP contribution in [0, 0.1) is 5.92 Å². The minimum atomic E-state index is 0.707. The van der Waals surface area contributed by atoms with E-state index < -0.39 is 0 Å². The minimum absolute atomic E-state index is 0.707. The Morgan fingerprint density at radius 2 is 2.18 bits per heavy atom. The molecule has 0 aromatic carbocycles. The molecule has 3 aromatic rings. The Morgan fingerprint density at radius 1 is 1.18 bits per heavy atom. The highest BCUT2D eigenvalue weighted by atomic mass is 15.0. The van der Waals surface area contributed by atoms with Crippen molar-refractivity contribution in [2.75, 3.05) is 13.1 Å². The summed E-state index contributed by atoms with van der Waals surface area (Å²) in [6, 6.07) is 12.4. The fraction of sp³-hybridized carbons (Fsp3) is 0.333. The van der Waals surface area contributed by atoms with Gasteiger partial charge in [0.1, 0.15) is 5.65 Å². The molecule has 4 nitrogen and oxygen atoms in total. The van der Waals surface area contributed by atoms with Crippen LogP contribution >= 0.6 is 0 Å². The Hall–Kier alpha value is -2.20. The summed E-state index contributed by atoms with van der Waals surface area (Å²) in [6.45, 7) is 2.27. The summed E-state index contributed by atoms with van der Waals surface area (Å²) in [4.78, 5) is 9.32. The summed E-state index contributed by atoms with van der Waals surface area (Å²) in [5.41, 5.74) is 4.19. The summed E-state index contributed by atoms with van der Waals surface area (Å²) >= 11 is 0. The van der Waals surface area contributed by atoms with E-state index in [-0.39, 0.29) is 0 Å². The van der Waals surface area contributed by atoms with Gasteiger partial charge in [-0.25, -0.2) is 4.98 Å². The van der Waals surface area contributed by atoms with Gasteiger partial charge in [0.15, 0.2) is 0 Å². The maximum absolute atomic E-state index is 4.87. The highest BCUT2D eigenvalue weighted by Gasteiger charge is 2.15. The average molecular weight is 292 g/mol. The van der Waals surface area contributed by atoms with Crippen molar-refractivity contribution >= 4 is 5.65 Å². The third-order valence-electron chi connectivity index (χ3n) is 4.38. The quantitative estimate of drug-likeness (QED) is 0.807. The van der Waals surface area contributed by atoms with Crippen molar-refractivity contribution in [1.82, 2.24) is 19.7 Å². The number of piperidine rings is 1. The van der Waals surface area contributed by atoms with Gasteiger partial charge in [-0.15, -0.1) is 0 Å². The highest BCUT2D eigenvalue weighted by Crippen LogP contribution is 2.21. The van der Waals surface area contributed by atoms with E-state index >= 15 is 0 Å². The number of nitrogens with one attached hydrogen (secondary N) is 1. The SMILES string of the molecule is c1cc(C[C@@H]2CCCNC2)nc(-c2cnc3ccccn23)c1. The first-order valence-electron chi connectivity index (χ1n) is 7.99. The van der Waals surface area contributed by atoms with Crippen molar-refractivity contribution in [1.29, 1.82) is 0 Å². The summed E-state index contributed by atoms with van der Waals surface area (Å²) in [5.74, 6) is 0.707. The Bertz CT molecular complexity index is 771. The molecule has 1 atom stereocenters. The van der Waals surface area contributed by atoms with Crippen LogP contribution in [0.3, 0.4) is 0 Å². The van der Waals surface area contributed by atoms with Gasteiger partial charge in [-0.3, -0.25) is 9.38 Å². The van der Waals surface area contributed by atoms with Crippen LogP contribution in [-0.4, -0.2) is 27.5 Å². The van der Waals surface area contributed by atoms with E-state index in [4.69, 9.17) is 4.98 Å². The molecule has 3 aromatic heterocycles. The second kappa shape index (κ2) is 5.89. The fourth-order valence-electron chi connectivity index (χ4n) is 3.25. The molecule has 22 heavy (non-hydrogen) atoms. The zero-order chi connectivity index (χ0) is 14.8. The molecular weight excluding hydrogens is 272 g/mol. The molecule has 0 bridgehead atoms. The summed E-state index contributed by atoms with van der Waals surface area (Å²) in [7, 11) is 0. The number of hydrogen-bond donors (Lipinski definition) is 1. The largest absolute Gasteiger partial charge is 0.316 e. The van der Waals surface area contributed by atoms with Crippen LogP contribution in [0.5, 0.6) is 0 Å². The van der Waals surface area contributed by atoms with Crippen molar-refractivity contribution in [3.63, 3.8) is 0 Å². The number of pyridine rings is 2. The van der Waals surface area contributed by atoms with Crippen LogP contribution in [-0.2, 0) is 6.42 Å². The molecule has 0 unspecified atom stereocenters. The molecule has 1 fully saturated rings. The van der Waals surface area contributed by atoms with Gasteiger partial charge < -0.3 is 5.32 Å². The number of aromatic nitrogens is 3. The monoisotopic (exact) mass is 292 g/mol. The third-order valence-corrected chi connectivity index (χ3v) is 4.38. The van der Waals surface area contributed by atoms with Crippen LogP contribution in [0.1, 0.15) is 18.5 Å². The maximum atomic E-state index is 4.87. The molecule has 1 aliphatic rings. The topological polar surface area (TPSA) is 42.2 Å². The lowest BCUT2D eigenvalue weighted by Crippen LogP contribution is -2.31. The van der Waals surface area contributed by atoms with Crippen LogP contribution in [0.4, 0.5) is 0 Å². The molecule has 0 saturated carbocycles. The Balaban J connectivity index is 1.63. The first-order chi connectivity index (χ1) is 10.9. The molecule has 0 radical (unpaired) electrons. The van der Waals surface area contributed by atoms with Crippen molar-refractivity contribution in [2.45, 2.75) is 19.3 Å². The maximum Gasteiger partial charge on any atom is 0.137 e. The smallest absolute Gasteiger partial charge is 0.137 e. The molecule has 1 aliphatic heterocycles. The van der Waals surface area contributed by atoms with E-state index in [1.807, 2.05) is 30.6 Å². The Morgan fingerprint density at radius 3 is 3.09 bits per heavy atom. The first kappa shape index (κ1) is 13.5. The Labute approximate surface area is 130 Å². The second-order valence-corrected chi connectivity index (χ2v) is 6.00. The number of fused-ring (bicyclic) bond motifs is 1. The molecule has 0 amide bonds. The number of rotatable bonds is 3. The lowest BCUT2D eigenvalue weighted by molar-refractivity contribution is 0.373. The lowest BCUT2D eigenvalue weighted by Gasteiger charge is -2.22. The van der Waals surface area contributed by atoms with Gasteiger partial charge in [-0.2, -0.15) is 0 Å². The van der Waals surface area contributed by atoms with Crippen molar-refractivity contribution < 1.29 is 0 Å². The molecule has 112 valence electrons. The van der Waals surface area contributed by atoms with Crippen molar-refractivity contribution in [3.8, 4) is 11.4 Å². The molecular formula is C18H20N4. The van der Waals surface area contributed by atoms with E-state index in [1.54, 1.807) is 0 Å². The van der Waals surface area contributed by atoms with Crippen LogP contribution in [0.2, 0.25) is 0 Å². The summed E-state index contributed by atoms with van der Waals surface area (Å²) in [5, 5.41) is 3.48. The van der Waals surface area contributed by atoms with Crippen molar-refractivity contribution in [2.24, 2.45) is 5.92 Å². The van der Waals surface area contributed by atoms with E-state index in [1.165, 1.54) is 18.5 Å². The van der Waals surface area contributed by atoms with Gasteiger partial charge in [0.05, 0.1) is 17.6 Å². The van der Waals surface area contributed by atoms with E-state index in [9.17, 15) is 0 Å². The number of hydrogen-bond acceptors (Lipinski definition) is 3. The highest BCUT2D eigenvalue weighted by molar-refractivity contribution is 5.60. The van der Waals surface area contributed by atoms with E-state index in [0.29, 0.717) is 5.92 Å². The van der Waals surface area contributed by atoms with Gasteiger partial charge in [0.2, 0.25) is 0 Å². The molecule has 1 saturated heterocycles. The molecule has 0 aliphatic carbocycles. The van der Waals surface area contributed by atoms with Gasteiger partial charge in [-0.1, -0.05) is 12.1 Å². The zero-order valence-electron chi connectivity index (χ0n) is 12.6. The Kier molecular flexibility index (Phi) is 3.60. The lowest BCUT2D eigenvalue weighted by atomic mass is 9.94. The number of imidazole rings is 1. The number of nitrogens with zero attached hydrogens (tertiary/aromatic N) is 3. The zero-order valence-corrected chi connectivity index (χ0v) is 12.6. The molecule has 1 N–H and O–H groups in total. The second-order valence-electron chi connectivity index (χ2n) is 6.00. The third kappa shape index (κ3) is 2.62. The van der Waals surface area contributed by atoms with Crippen LogP contribution in [0.15, 0.2) is 48.8 Å². The van der Waals surface area contributed by atoms with E-state index in [2.05, 4.69) is 32.9 Å². The van der Waals surface area contributed by atoms with Crippen LogP contribution < -0.4 is 5.32 Å². The first-order valence-corrected chi connectivity index (χ1v) is 7.99. The molecule has 4 heteroatoms. The summed E-state index contributed by atoms with van der Waals surface area (Å²) in [6.07, 6.45) is 7.57. The van der Waals surface area contributed by atoms with Gasteiger partial charge in [0, 0.05) is 11.9 Å². The van der Waals surface area contributed by atoms with Crippen LogP contribution in [0.25, 0.3) is 17.0 Å². The van der Waals surface area contributed by atoms with E-state index in [0.717, 1.165) is 36.5 Å². The van der Waals surface area contributed by atoms with Crippen molar-refractivity contribution in [3.05, 3.63) is 54.5 Å². The summed E-state index contributed by atoms with van der Waals surface area (Å²) < 4.78 is 2.09. The normalized spacial score (nSPS) is 18.6. The average Bonchev–Trinajstić information content (AvgIpc) is 3.00. The van der Waals surface area contributed by atoms with Gasteiger partial charge in [0.25, 0.3) is 0 Å². The molecule has 4 rings (SSSR count). The molecule has 4 heterocycles. The fourth-order valence-corrected chi connectivity index (χ4v) is 3.25.